The fourth-order valence-electron chi connectivity index (χ4n) is 1.87. The van der Waals surface area contributed by atoms with Gasteiger partial charge in [0.1, 0.15) is 5.69 Å². The van der Waals surface area contributed by atoms with Gasteiger partial charge >= 0.3 is 0 Å². The number of carbonyl (C=O) groups excluding carboxylic acids is 1. The van der Waals surface area contributed by atoms with Gasteiger partial charge in [-0.3, -0.25) is 4.79 Å². The lowest BCUT2D eigenvalue weighted by Crippen LogP contribution is -2.23. The molecule has 2 aromatic rings. The molecule has 94 valence electrons. The molecular weight excluding hydrogens is 248 g/mol. The smallest absolute Gasteiger partial charge is 0.272 e. The Hall–Kier alpha value is -1.61. The molecule has 0 radical (unpaired) electrons. The van der Waals surface area contributed by atoms with E-state index in [9.17, 15) is 4.79 Å². The predicted octanol–water partition coefficient (Wildman–Crippen LogP) is 3.15. The van der Waals surface area contributed by atoms with Gasteiger partial charge in [-0.05, 0) is 23.9 Å². The maximum Gasteiger partial charge on any atom is 0.272 e. The number of halogens is 1. The first-order chi connectivity index (χ1) is 8.54. The van der Waals surface area contributed by atoms with Crippen molar-refractivity contribution in [1.29, 1.82) is 0 Å². The van der Waals surface area contributed by atoms with E-state index in [0.717, 1.165) is 22.9 Å². The Morgan fingerprint density at radius 1 is 1.39 bits per heavy atom. The highest BCUT2D eigenvalue weighted by molar-refractivity contribution is 6.36. The van der Waals surface area contributed by atoms with Crippen molar-refractivity contribution in [2.24, 2.45) is 0 Å². The van der Waals surface area contributed by atoms with Crippen LogP contribution in [0.3, 0.4) is 0 Å². The van der Waals surface area contributed by atoms with Crippen molar-refractivity contribution >= 4 is 28.3 Å². The first kappa shape index (κ1) is 12.8. The standard InChI is InChI=1S/C14H15ClN2O/c1-4-10-8-9-6-5-7-11(15)12(9)13(16-10)14(18)17(2)3/h5-8H,4H2,1-3H3. The Balaban J connectivity index is 2.80. The molecule has 0 bridgehead atoms. The first-order valence-corrected chi connectivity index (χ1v) is 6.22. The van der Waals surface area contributed by atoms with Crippen LogP contribution < -0.4 is 0 Å². The summed E-state index contributed by atoms with van der Waals surface area (Å²) < 4.78 is 0. The zero-order valence-corrected chi connectivity index (χ0v) is 11.5. The molecule has 2 rings (SSSR count). The van der Waals surface area contributed by atoms with Crippen LogP contribution in [0.4, 0.5) is 0 Å². The van der Waals surface area contributed by atoms with Crippen LogP contribution in [0.2, 0.25) is 5.02 Å². The molecule has 0 atom stereocenters. The minimum absolute atomic E-state index is 0.122. The van der Waals surface area contributed by atoms with Crippen LogP contribution in [0.15, 0.2) is 24.3 Å². The molecule has 0 aliphatic carbocycles. The summed E-state index contributed by atoms with van der Waals surface area (Å²) in [6.45, 7) is 2.02. The van der Waals surface area contributed by atoms with Crippen LogP contribution >= 0.6 is 11.6 Å². The second kappa shape index (κ2) is 4.94. The molecule has 0 aliphatic rings. The van der Waals surface area contributed by atoms with Crippen LogP contribution in [0, 0.1) is 0 Å². The van der Waals surface area contributed by atoms with Crippen molar-refractivity contribution in [2.75, 3.05) is 14.1 Å². The molecule has 0 saturated carbocycles. The van der Waals surface area contributed by atoms with Crippen molar-refractivity contribution in [3.8, 4) is 0 Å². The van der Waals surface area contributed by atoms with Crippen molar-refractivity contribution in [3.63, 3.8) is 0 Å². The summed E-state index contributed by atoms with van der Waals surface area (Å²) in [4.78, 5) is 18.1. The van der Waals surface area contributed by atoms with E-state index in [1.165, 1.54) is 4.90 Å². The van der Waals surface area contributed by atoms with Crippen molar-refractivity contribution in [2.45, 2.75) is 13.3 Å². The van der Waals surface area contributed by atoms with E-state index in [2.05, 4.69) is 4.98 Å². The minimum atomic E-state index is -0.122. The highest BCUT2D eigenvalue weighted by atomic mass is 35.5. The number of benzene rings is 1. The fourth-order valence-corrected chi connectivity index (χ4v) is 2.14. The van der Waals surface area contributed by atoms with E-state index >= 15 is 0 Å². The second-order valence-corrected chi connectivity index (χ2v) is 4.76. The minimum Gasteiger partial charge on any atom is -0.343 e. The van der Waals surface area contributed by atoms with E-state index in [-0.39, 0.29) is 5.91 Å². The third-order valence-corrected chi connectivity index (χ3v) is 3.15. The maximum atomic E-state index is 12.2. The molecule has 1 heterocycles. The van der Waals surface area contributed by atoms with Crippen LogP contribution in [0.25, 0.3) is 10.8 Å². The van der Waals surface area contributed by atoms with Gasteiger partial charge in [0, 0.05) is 25.2 Å². The lowest BCUT2D eigenvalue weighted by Gasteiger charge is -2.13. The van der Waals surface area contributed by atoms with Gasteiger partial charge in [0.25, 0.3) is 5.91 Å². The molecule has 1 amide bonds. The number of carbonyl (C=O) groups is 1. The highest BCUT2D eigenvalue weighted by Crippen LogP contribution is 2.27. The summed E-state index contributed by atoms with van der Waals surface area (Å²) in [5.41, 5.74) is 1.33. The summed E-state index contributed by atoms with van der Waals surface area (Å²) in [5.74, 6) is -0.122. The normalized spacial score (nSPS) is 10.7. The number of hydrogen-bond acceptors (Lipinski definition) is 2. The first-order valence-electron chi connectivity index (χ1n) is 5.84. The van der Waals surface area contributed by atoms with Gasteiger partial charge in [-0.15, -0.1) is 0 Å². The Morgan fingerprint density at radius 2 is 2.11 bits per heavy atom. The van der Waals surface area contributed by atoms with Gasteiger partial charge in [-0.25, -0.2) is 4.98 Å². The number of rotatable bonds is 2. The summed E-state index contributed by atoms with van der Waals surface area (Å²) >= 11 is 6.20. The average molecular weight is 263 g/mol. The quantitative estimate of drug-likeness (QED) is 0.833. The SMILES string of the molecule is CCc1cc2cccc(Cl)c2c(C(=O)N(C)C)n1. The lowest BCUT2D eigenvalue weighted by molar-refractivity contribution is 0.0824. The number of aromatic nitrogens is 1. The fraction of sp³-hybridized carbons (Fsp3) is 0.286. The van der Waals surface area contributed by atoms with E-state index in [4.69, 9.17) is 11.6 Å². The zero-order valence-electron chi connectivity index (χ0n) is 10.7. The summed E-state index contributed by atoms with van der Waals surface area (Å²) in [6, 6.07) is 7.60. The summed E-state index contributed by atoms with van der Waals surface area (Å²) in [5, 5.41) is 2.25. The number of hydrogen-bond donors (Lipinski definition) is 0. The van der Waals surface area contributed by atoms with Crippen LogP contribution in [-0.4, -0.2) is 29.9 Å². The predicted molar refractivity (Wildman–Crippen MR) is 74.1 cm³/mol. The summed E-state index contributed by atoms with van der Waals surface area (Å²) in [7, 11) is 3.43. The molecule has 0 unspecified atom stereocenters. The van der Waals surface area contributed by atoms with Gasteiger partial charge in [-0.2, -0.15) is 0 Å². The van der Waals surface area contributed by atoms with Gasteiger partial charge in [0.2, 0.25) is 0 Å². The maximum absolute atomic E-state index is 12.2. The number of pyridine rings is 1. The van der Waals surface area contributed by atoms with Gasteiger partial charge < -0.3 is 4.90 Å². The van der Waals surface area contributed by atoms with Crippen molar-refractivity contribution < 1.29 is 4.79 Å². The molecule has 0 saturated heterocycles. The van der Waals surface area contributed by atoms with Crippen molar-refractivity contribution in [1.82, 2.24) is 9.88 Å². The zero-order chi connectivity index (χ0) is 13.3. The number of aryl methyl sites for hydroxylation is 1. The van der Waals surface area contributed by atoms with E-state index in [1.807, 2.05) is 25.1 Å². The van der Waals surface area contributed by atoms with Crippen LogP contribution in [0.5, 0.6) is 0 Å². The lowest BCUT2D eigenvalue weighted by atomic mass is 10.1. The molecule has 18 heavy (non-hydrogen) atoms. The number of amides is 1. The Morgan fingerprint density at radius 3 is 2.72 bits per heavy atom. The third-order valence-electron chi connectivity index (χ3n) is 2.83. The van der Waals surface area contributed by atoms with E-state index < -0.39 is 0 Å². The molecule has 0 fully saturated rings. The average Bonchev–Trinajstić information content (AvgIpc) is 2.36. The van der Waals surface area contributed by atoms with Crippen LogP contribution in [0.1, 0.15) is 23.1 Å². The van der Waals surface area contributed by atoms with Gasteiger partial charge in [-0.1, -0.05) is 30.7 Å². The molecule has 0 spiro atoms. The number of nitrogens with zero attached hydrogens (tertiary/aromatic N) is 2. The largest absolute Gasteiger partial charge is 0.343 e. The van der Waals surface area contributed by atoms with Crippen LogP contribution in [-0.2, 0) is 6.42 Å². The van der Waals surface area contributed by atoms with E-state index in [0.29, 0.717) is 10.7 Å². The molecule has 1 aromatic heterocycles. The van der Waals surface area contributed by atoms with Crippen molar-refractivity contribution in [3.05, 3.63) is 40.7 Å². The molecule has 4 heteroatoms. The second-order valence-electron chi connectivity index (χ2n) is 4.35. The monoisotopic (exact) mass is 262 g/mol. The molecular formula is C14H15ClN2O. The van der Waals surface area contributed by atoms with E-state index in [1.54, 1.807) is 20.2 Å². The van der Waals surface area contributed by atoms with Gasteiger partial charge in [0.15, 0.2) is 0 Å². The molecule has 3 nitrogen and oxygen atoms in total. The summed E-state index contributed by atoms with van der Waals surface area (Å²) in [6.07, 6.45) is 0.788. The molecule has 0 N–H and O–H groups in total. The van der Waals surface area contributed by atoms with Gasteiger partial charge in [0.05, 0.1) is 5.02 Å². The third kappa shape index (κ3) is 2.18. The Labute approximate surface area is 111 Å². The topological polar surface area (TPSA) is 33.2 Å². The Bertz CT molecular complexity index is 608. The Kier molecular flexibility index (Phi) is 3.53. The number of fused-ring (bicyclic) bond motifs is 1. The molecule has 0 aliphatic heterocycles. The highest BCUT2D eigenvalue weighted by Gasteiger charge is 2.17. The molecule has 1 aromatic carbocycles.